The minimum Gasteiger partial charge on any atom is -0.385 e. The molecule has 2 rings (SSSR count). The Hall–Kier alpha value is -1.99. The SMILES string of the molecule is NS(=O)(=O)c1ccc(NCCCc2cc(F)cc(F)c2)cc1. The van der Waals surface area contributed by atoms with Gasteiger partial charge >= 0.3 is 0 Å². The maximum absolute atomic E-state index is 13.0. The number of hydrogen-bond acceptors (Lipinski definition) is 3. The third-order valence-corrected chi connectivity index (χ3v) is 4.01. The van der Waals surface area contributed by atoms with Gasteiger partial charge in [-0.2, -0.15) is 0 Å². The standard InChI is InChI=1S/C15H16F2N2O2S/c16-12-8-11(9-13(17)10-12)2-1-7-19-14-3-5-15(6-4-14)22(18,20)21/h3-6,8-10,19H,1-2,7H2,(H2,18,20,21). The van der Waals surface area contributed by atoms with Crippen molar-refractivity contribution in [2.45, 2.75) is 17.7 Å². The zero-order chi connectivity index (χ0) is 16.2. The van der Waals surface area contributed by atoms with E-state index in [9.17, 15) is 17.2 Å². The van der Waals surface area contributed by atoms with E-state index in [1.165, 1.54) is 24.3 Å². The van der Waals surface area contributed by atoms with Crippen molar-refractivity contribution in [2.24, 2.45) is 5.14 Å². The van der Waals surface area contributed by atoms with Crippen LogP contribution in [0.3, 0.4) is 0 Å². The van der Waals surface area contributed by atoms with E-state index < -0.39 is 21.7 Å². The highest BCUT2D eigenvalue weighted by Crippen LogP contribution is 2.13. The molecule has 2 aromatic carbocycles. The second-order valence-corrected chi connectivity index (χ2v) is 6.44. The van der Waals surface area contributed by atoms with E-state index in [0.717, 1.165) is 11.8 Å². The van der Waals surface area contributed by atoms with Gasteiger partial charge in [0.1, 0.15) is 11.6 Å². The first kappa shape index (κ1) is 16.4. The lowest BCUT2D eigenvalue weighted by Crippen LogP contribution is -2.12. The minimum absolute atomic E-state index is 0.0493. The van der Waals surface area contributed by atoms with Crippen molar-refractivity contribution in [2.75, 3.05) is 11.9 Å². The van der Waals surface area contributed by atoms with E-state index in [-0.39, 0.29) is 4.90 Å². The summed E-state index contributed by atoms with van der Waals surface area (Å²) >= 11 is 0. The molecular formula is C15H16F2N2O2S. The Bertz CT molecular complexity index is 726. The molecule has 0 unspecified atom stereocenters. The zero-order valence-corrected chi connectivity index (χ0v) is 12.5. The van der Waals surface area contributed by atoms with Crippen LogP contribution >= 0.6 is 0 Å². The molecule has 4 nitrogen and oxygen atoms in total. The summed E-state index contributed by atoms with van der Waals surface area (Å²) in [6.45, 7) is 0.590. The highest BCUT2D eigenvalue weighted by Gasteiger charge is 2.06. The summed E-state index contributed by atoms with van der Waals surface area (Å²) in [6, 6.07) is 9.52. The number of hydrogen-bond donors (Lipinski definition) is 2. The number of nitrogens with two attached hydrogens (primary N) is 1. The molecule has 0 radical (unpaired) electrons. The Labute approximate surface area is 128 Å². The fourth-order valence-electron chi connectivity index (χ4n) is 2.04. The van der Waals surface area contributed by atoms with Crippen LogP contribution < -0.4 is 10.5 Å². The van der Waals surface area contributed by atoms with E-state index in [2.05, 4.69) is 5.32 Å². The highest BCUT2D eigenvalue weighted by molar-refractivity contribution is 7.89. The summed E-state index contributed by atoms with van der Waals surface area (Å²) in [7, 11) is -3.69. The Morgan fingerprint density at radius 1 is 1.00 bits per heavy atom. The molecule has 0 amide bonds. The van der Waals surface area contributed by atoms with Gasteiger partial charge in [0.25, 0.3) is 0 Å². The molecule has 0 saturated carbocycles. The number of sulfonamides is 1. The summed E-state index contributed by atoms with van der Waals surface area (Å²) in [5.74, 6) is -1.16. The Balaban J connectivity index is 1.84. The molecule has 0 atom stereocenters. The van der Waals surface area contributed by atoms with Gasteiger partial charge in [-0.3, -0.25) is 0 Å². The molecule has 3 N–H and O–H groups in total. The van der Waals surface area contributed by atoms with E-state index in [1.807, 2.05) is 0 Å². The largest absolute Gasteiger partial charge is 0.385 e. The molecular weight excluding hydrogens is 310 g/mol. The van der Waals surface area contributed by atoms with Crippen LogP contribution in [0.5, 0.6) is 0 Å². The van der Waals surface area contributed by atoms with Crippen molar-refractivity contribution < 1.29 is 17.2 Å². The average molecular weight is 326 g/mol. The molecule has 0 aliphatic heterocycles. The summed E-state index contributed by atoms with van der Waals surface area (Å²) in [6.07, 6.45) is 1.22. The number of nitrogens with one attached hydrogen (secondary N) is 1. The van der Waals surface area contributed by atoms with Crippen molar-refractivity contribution in [1.82, 2.24) is 0 Å². The predicted molar refractivity (Wildman–Crippen MR) is 81.0 cm³/mol. The molecule has 0 saturated heterocycles. The first-order valence-electron chi connectivity index (χ1n) is 6.66. The Morgan fingerprint density at radius 2 is 1.59 bits per heavy atom. The van der Waals surface area contributed by atoms with Gasteiger partial charge in [0, 0.05) is 18.3 Å². The molecule has 0 bridgehead atoms. The number of rotatable bonds is 6. The average Bonchev–Trinajstić information content (AvgIpc) is 2.42. The lowest BCUT2D eigenvalue weighted by molar-refractivity contribution is 0.579. The van der Waals surface area contributed by atoms with E-state index in [0.29, 0.717) is 24.9 Å². The molecule has 2 aromatic rings. The van der Waals surface area contributed by atoms with Gasteiger partial charge in [0.05, 0.1) is 4.90 Å². The van der Waals surface area contributed by atoms with Crippen LogP contribution in [0.25, 0.3) is 0 Å². The van der Waals surface area contributed by atoms with Crippen LogP contribution in [0, 0.1) is 11.6 Å². The molecule has 0 aliphatic carbocycles. The van der Waals surface area contributed by atoms with E-state index >= 15 is 0 Å². The summed E-state index contributed by atoms with van der Waals surface area (Å²) < 4.78 is 48.3. The third kappa shape index (κ3) is 4.78. The maximum Gasteiger partial charge on any atom is 0.238 e. The molecule has 0 spiro atoms. The second kappa shape index (κ2) is 6.85. The normalized spacial score (nSPS) is 11.4. The van der Waals surface area contributed by atoms with Crippen molar-refractivity contribution >= 4 is 15.7 Å². The fourth-order valence-corrected chi connectivity index (χ4v) is 2.56. The lowest BCUT2D eigenvalue weighted by atomic mass is 10.1. The summed E-state index contributed by atoms with van der Waals surface area (Å²) in [5, 5.41) is 8.11. The molecule has 7 heteroatoms. The van der Waals surface area contributed by atoms with Crippen molar-refractivity contribution in [1.29, 1.82) is 0 Å². The number of halogens is 2. The zero-order valence-electron chi connectivity index (χ0n) is 11.7. The number of primary sulfonamides is 1. The topological polar surface area (TPSA) is 72.2 Å². The van der Waals surface area contributed by atoms with Gasteiger partial charge < -0.3 is 5.32 Å². The highest BCUT2D eigenvalue weighted by atomic mass is 32.2. The van der Waals surface area contributed by atoms with Crippen molar-refractivity contribution in [3.63, 3.8) is 0 Å². The summed E-state index contributed by atoms with van der Waals surface area (Å²) in [5.41, 5.74) is 1.35. The minimum atomic E-state index is -3.69. The smallest absolute Gasteiger partial charge is 0.238 e. The van der Waals surface area contributed by atoms with Crippen LogP contribution in [0.2, 0.25) is 0 Å². The number of anilines is 1. The molecule has 22 heavy (non-hydrogen) atoms. The van der Waals surface area contributed by atoms with Crippen LogP contribution in [0.4, 0.5) is 14.5 Å². The van der Waals surface area contributed by atoms with Gasteiger partial charge in [0.2, 0.25) is 10.0 Å². The Kier molecular flexibility index (Phi) is 5.10. The van der Waals surface area contributed by atoms with Crippen molar-refractivity contribution in [3.05, 3.63) is 59.7 Å². The quantitative estimate of drug-likeness (QED) is 0.802. The first-order valence-corrected chi connectivity index (χ1v) is 8.21. The van der Waals surface area contributed by atoms with Gasteiger partial charge in [0.15, 0.2) is 0 Å². The molecule has 0 heterocycles. The number of aryl methyl sites for hydroxylation is 1. The van der Waals surface area contributed by atoms with Gasteiger partial charge in [-0.05, 0) is 54.8 Å². The van der Waals surface area contributed by atoms with Crippen molar-refractivity contribution in [3.8, 4) is 0 Å². The molecule has 0 aromatic heterocycles. The Morgan fingerprint density at radius 3 is 2.14 bits per heavy atom. The summed E-state index contributed by atoms with van der Waals surface area (Å²) in [4.78, 5) is 0.0493. The lowest BCUT2D eigenvalue weighted by Gasteiger charge is -2.07. The molecule has 0 aliphatic rings. The van der Waals surface area contributed by atoms with Gasteiger partial charge in [-0.25, -0.2) is 22.3 Å². The van der Waals surface area contributed by atoms with Gasteiger partial charge in [-0.15, -0.1) is 0 Å². The van der Waals surface area contributed by atoms with Gasteiger partial charge in [-0.1, -0.05) is 0 Å². The second-order valence-electron chi connectivity index (χ2n) is 4.88. The van der Waals surface area contributed by atoms with Crippen LogP contribution in [-0.2, 0) is 16.4 Å². The molecule has 118 valence electrons. The maximum atomic E-state index is 13.0. The fraction of sp³-hybridized carbons (Fsp3) is 0.200. The third-order valence-electron chi connectivity index (χ3n) is 3.08. The van der Waals surface area contributed by atoms with E-state index in [4.69, 9.17) is 5.14 Å². The first-order chi connectivity index (χ1) is 10.3. The van der Waals surface area contributed by atoms with Crippen LogP contribution in [0.1, 0.15) is 12.0 Å². The van der Waals surface area contributed by atoms with Crippen LogP contribution in [0.15, 0.2) is 47.4 Å². The van der Waals surface area contributed by atoms with E-state index in [1.54, 1.807) is 12.1 Å². The monoisotopic (exact) mass is 326 g/mol. The molecule has 0 fully saturated rings. The van der Waals surface area contributed by atoms with Crippen LogP contribution in [-0.4, -0.2) is 15.0 Å². The predicted octanol–water partition coefficient (Wildman–Crippen LogP) is 2.66. The number of benzene rings is 2.